The molecule has 0 atom stereocenters. The summed E-state index contributed by atoms with van der Waals surface area (Å²) in [5.41, 5.74) is 4.46. The predicted octanol–water partition coefficient (Wildman–Crippen LogP) is 11.9. The molecule has 63 heavy (non-hydrogen) atoms. The average molecular weight is 898 g/mol. The summed E-state index contributed by atoms with van der Waals surface area (Å²) in [5, 5.41) is 9.44. The number of methoxy groups -OCH3 is 2. The van der Waals surface area contributed by atoms with Gasteiger partial charge in [-0.15, -0.1) is 0 Å². The van der Waals surface area contributed by atoms with Crippen molar-refractivity contribution in [1.82, 2.24) is 19.9 Å². The van der Waals surface area contributed by atoms with Crippen molar-refractivity contribution in [2.45, 2.75) is 104 Å². The summed E-state index contributed by atoms with van der Waals surface area (Å²) >= 11 is 13.0. The van der Waals surface area contributed by atoms with Crippen molar-refractivity contribution in [3.63, 3.8) is 0 Å². The average Bonchev–Trinajstić information content (AvgIpc) is 3.21. The fourth-order valence-corrected chi connectivity index (χ4v) is 8.06. The molecule has 0 aliphatic heterocycles. The van der Waals surface area contributed by atoms with Crippen LogP contribution in [0.1, 0.15) is 91.2 Å². The third-order valence-corrected chi connectivity index (χ3v) is 11.0. The van der Waals surface area contributed by atoms with Gasteiger partial charge >= 0.3 is 11.9 Å². The predicted molar refractivity (Wildman–Crippen MR) is 249 cm³/mol. The van der Waals surface area contributed by atoms with Crippen molar-refractivity contribution in [1.29, 1.82) is 0 Å². The molecule has 2 N–H and O–H groups in total. The Bertz CT molecular complexity index is 2430. The molecule has 0 bridgehead atoms. The van der Waals surface area contributed by atoms with Crippen LogP contribution in [-0.2, 0) is 27.2 Å². The molecular weight excluding hydrogens is 843 g/mol. The molecule has 0 aliphatic carbocycles. The molecule has 0 saturated heterocycles. The van der Waals surface area contributed by atoms with Gasteiger partial charge in [0.2, 0.25) is 0 Å². The number of fused-ring (bicyclic) bond motifs is 2. The zero-order valence-corrected chi connectivity index (χ0v) is 38.5. The van der Waals surface area contributed by atoms with Crippen molar-refractivity contribution in [3.05, 3.63) is 94.5 Å². The largest absolute Gasteiger partial charge is 0.493 e. The van der Waals surface area contributed by atoms with Gasteiger partial charge in [0.15, 0.2) is 23.0 Å². The maximum atomic E-state index is 11.8. The van der Waals surface area contributed by atoms with Crippen LogP contribution in [0.25, 0.3) is 21.8 Å². The van der Waals surface area contributed by atoms with Gasteiger partial charge in [0.25, 0.3) is 0 Å². The number of halogens is 2. The molecule has 6 aromatic rings. The Morgan fingerprint density at radius 2 is 0.984 bits per heavy atom. The number of aromatic nitrogens is 4. The van der Waals surface area contributed by atoms with Gasteiger partial charge in [-0.2, -0.15) is 0 Å². The second-order valence-electron chi connectivity index (χ2n) is 16.6. The van der Waals surface area contributed by atoms with E-state index in [2.05, 4.69) is 58.3 Å². The van der Waals surface area contributed by atoms with Crippen LogP contribution >= 0.6 is 23.2 Å². The molecule has 0 amide bonds. The molecule has 0 spiro atoms. The quantitative estimate of drug-likeness (QED) is 0.0424. The van der Waals surface area contributed by atoms with Crippen molar-refractivity contribution in [2.75, 3.05) is 24.9 Å². The summed E-state index contributed by atoms with van der Waals surface area (Å²) in [4.78, 5) is 41.4. The smallest absolute Gasteiger partial charge is 0.308 e. The van der Waals surface area contributed by atoms with E-state index in [0.717, 1.165) is 73.9 Å². The lowest BCUT2D eigenvalue weighted by molar-refractivity contribution is -0.132. The molecule has 2 heterocycles. The van der Waals surface area contributed by atoms with Gasteiger partial charge in [0, 0.05) is 58.2 Å². The normalized spacial score (nSPS) is 11.7. The molecule has 332 valence electrons. The Morgan fingerprint density at radius 3 is 1.37 bits per heavy atom. The first-order valence-corrected chi connectivity index (χ1v) is 21.6. The van der Waals surface area contributed by atoms with E-state index in [1.165, 1.54) is 40.7 Å². The first-order valence-electron chi connectivity index (χ1n) is 20.9. The summed E-state index contributed by atoms with van der Waals surface area (Å²) in [6.45, 7) is 11.3. The lowest BCUT2D eigenvalue weighted by Crippen LogP contribution is -2.37. The molecule has 0 aliphatic rings. The van der Waals surface area contributed by atoms with Crippen LogP contribution in [0.2, 0.25) is 10.0 Å². The lowest BCUT2D eigenvalue weighted by Gasteiger charge is -2.36. The summed E-state index contributed by atoms with van der Waals surface area (Å²) in [6.07, 6.45) is 10.1. The van der Waals surface area contributed by atoms with Crippen LogP contribution in [-0.4, -0.2) is 57.3 Å². The zero-order chi connectivity index (χ0) is 45.3. The molecule has 0 unspecified atom stereocenters. The highest BCUT2D eigenvalue weighted by atomic mass is 35.5. The second kappa shape index (κ2) is 20.6. The fourth-order valence-electron chi connectivity index (χ4n) is 7.72. The van der Waals surface area contributed by atoms with E-state index in [9.17, 15) is 9.59 Å². The van der Waals surface area contributed by atoms with Crippen molar-refractivity contribution in [2.24, 2.45) is 0 Å². The van der Waals surface area contributed by atoms with E-state index in [0.29, 0.717) is 55.0 Å². The van der Waals surface area contributed by atoms with Gasteiger partial charge in [0.1, 0.15) is 24.3 Å². The maximum absolute atomic E-state index is 11.8. The standard InChI is InChI=1S/C48H54Cl2N6O7/c1-29(57)61-43-23-35-39(25-41(43)59-7)51-27-53-45(35)55-37-21-33(49)17-15-31(37)13-9-11-19-47(3,4)63-48(5,6)20-12-10-14-32-16-18-34(50)22-38(32)56-46-36-24-44(62-30(2)58)42(60-8)26-40(36)52-28-54-46/h15-18,21-28H,9-14,19-20H2,1-8H3,(H,51,53,55)(H,52,54,56). The number of carbonyl (C=O) groups is 2. The first kappa shape index (κ1) is 46.7. The van der Waals surface area contributed by atoms with Gasteiger partial charge in [-0.25, -0.2) is 19.9 Å². The molecule has 0 saturated carbocycles. The minimum atomic E-state index is -0.459. The number of nitrogens with zero attached hydrogens (tertiary/aromatic N) is 4. The summed E-state index contributed by atoms with van der Waals surface area (Å²) in [7, 11) is 3.02. The number of rotatable bonds is 20. The second-order valence-corrected chi connectivity index (χ2v) is 17.4. The first-order chi connectivity index (χ1) is 30.0. The molecule has 13 nitrogen and oxygen atoms in total. The number of carbonyl (C=O) groups excluding carboxylic acids is 2. The minimum absolute atomic E-state index is 0.283. The van der Waals surface area contributed by atoms with E-state index in [1.807, 2.05) is 36.4 Å². The van der Waals surface area contributed by atoms with Gasteiger partial charge in [-0.05, 0) is 114 Å². The number of hydrogen-bond donors (Lipinski definition) is 2. The summed E-state index contributed by atoms with van der Waals surface area (Å²) < 4.78 is 28.5. The van der Waals surface area contributed by atoms with Gasteiger partial charge < -0.3 is 34.3 Å². The van der Waals surface area contributed by atoms with Gasteiger partial charge in [0.05, 0.1) is 36.5 Å². The SMILES string of the molecule is COc1cc2ncnc(Nc3cc(Cl)ccc3CCCCC(C)(C)OC(C)(C)CCCCc3ccc(Cl)cc3Nc3ncnc4cc(OC)c(OC(C)=O)cc34)c2cc1OC(C)=O. The van der Waals surface area contributed by atoms with Gasteiger partial charge in [-0.1, -0.05) is 48.2 Å². The van der Waals surface area contributed by atoms with Crippen molar-refractivity contribution < 1.29 is 33.3 Å². The molecule has 6 rings (SSSR count). The van der Waals surface area contributed by atoms with E-state index < -0.39 is 11.9 Å². The van der Waals surface area contributed by atoms with E-state index in [4.69, 9.17) is 46.9 Å². The highest BCUT2D eigenvalue weighted by molar-refractivity contribution is 6.31. The van der Waals surface area contributed by atoms with Crippen LogP contribution in [0.3, 0.4) is 0 Å². The van der Waals surface area contributed by atoms with Crippen molar-refractivity contribution in [3.8, 4) is 23.0 Å². The topological polar surface area (TPSA) is 156 Å². The molecule has 4 aromatic carbocycles. The van der Waals surface area contributed by atoms with Crippen LogP contribution < -0.4 is 29.6 Å². The number of ether oxygens (including phenoxy) is 5. The molecule has 0 radical (unpaired) electrons. The Balaban J connectivity index is 1.02. The Hall–Kier alpha value is -5.76. The number of aryl methyl sites for hydroxylation is 2. The number of hydrogen-bond acceptors (Lipinski definition) is 13. The number of nitrogens with one attached hydrogen (secondary N) is 2. The Morgan fingerprint density at radius 1 is 0.571 bits per heavy atom. The van der Waals surface area contributed by atoms with Crippen molar-refractivity contribution >= 4 is 80.0 Å². The maximum Gasteiger partial charge on any atom is 0.308 e. The van der Waals surface area contributed by atoms with Crippen LogP contribution in [0, 0.1) is 0 Å². The fraction of sp³-hybridized carbons (Fsp3) is 0.375. The van der Waals surface area contributed by atoms with Crippen LogP contribution in [0.15, 0.2) is 73.3 Å². The highest BCUT2D eigenvalue weighted by Crippen LogP contribution is 2.38. The highest BCUT2D eigenvalue weighted by Gasteiger charge is 2.29. The van der Waals surface area contributed by atoms with E-state index in [-0.39, 0.29) is 22.7 Å². The zero-order valence-electron chi connectivity index (χ0n) is 37.0. The number of anilines is 4. The Kier molecular flexibility index (Phi) is 15.3. The summed E-state index contributed by atoms with van der Waals surface area (Å²) in [6, 6.07) is 18.5. The third-order valence-electron chi connectivity index (χ3n) is 10.5. The van der Waals surface area contributed by atoms with E-state index >= 15 is 0 Å². The van der Waals surface area contributed by atoms with Gasteiger partial charge in [-0.3, -0.25) is 9.59 Å². The monoisotopic (exact) mass is 896 g/mol. The Labute approximate surface area is 378 Å². The number of benzene rings is 4. The molecule has 15 heteroatoms. The molecular formula is C48H54Cl2N6O7. The lowest BCUT2D eigenvalue weighted by atomic mass is 9.94. The van der Waals surface area contributed by atoms with Crippen LogP contribution in [0.5, 0.6) is 23.0 Å². The summed E-state index contributed by atoms with van der Waals surface area (Å²) in [5.74, 6) is 1.55. The van der Waals surface area contributed by atoms with E-state index in [1.54, 1.807) is 24.3 Å². The molecule has 0 fully saturated rings. The number of unbranched alkanes of at least 4 members (excludes halogenated alkanes) is 2. The minimum Gasteiger partial charge on any atom is -0.493 e. The third kappa shape index (κ3) is 12.7. The van der Waals surface area contributed by atoms with Crippen LogP contribution in [0.4, 0.5) is 23.0 Å². The number of esters is 2. The molecule has 2 aromatic heterocycles.